The summed E-state index contributed by atoms with van der Waals surface area (Å²) in [5.41, 5.74) is -1.61. The van der Waals surface area contributed by atoms with Crippen LogP contribution in [-0.4, -0.2) is 40.8 Å². The van der Waals surface area contributed by atoms with E-state index in [9.17, 15) is 9.18 Å². The average Bonchev–Trinajstić information content (AvgIpc) is 2.46. The predicted molar refractivity (Wildman–Crippen MR) is 44.9 cm³/mol. The van der Waals surface area contributed by atoms with Crippen LogP contribution in [0.3, 0.4) is 0 Å². The zero-order chi connectivity index (χ0) is 9.47. The highest BCUT2D eigenvalue weighted by Crippen LogP contribution is 2.35. The normalized spacial score (nSPS) is 27.4. The lowest BCUT2D eigenvalue weighted by atomic mass is 10.00. The third-order valence-electron chi connectivity index (χ3n) is 2.93. The maximum Gasteiger partial charge on any atom is 0.260 e. The second kappa shape index (κ2) is 2.94. The topological polar surface area (TPSA) is 40.5 Å². The first-order valence-corrected chi connectivity index (χ1v) is 4.78. The lowest BCUT2D eigenvalue weighted by Gasteiger charge is -2.39. The summed E-state index contributed by atoms with van der Waals surface area (Å²) < 4.78 is 13.8. The van der Waals surface area contributed by atoms with Gasteiger partial charge in [-0.05, 0) is 25.7 Å². The molecule has 0 unspecified atom stereocenters. The molecule has 1 aliphatic heterocycles. The summed E-state index contributed by atoms with van der Waals surface area (Å²) in [7, 11) is 0. The van der Waals surface area contributed by atoms with Crippen LogP contribution in [0.2, 0.25) is 0 Å². The Labute approximate surface area is 76.5 Å². The van der Waals surface area contributed by atoms with Crippen LogP contribution in [-0.2, 0) is 4.79 Å². The van der Waals surface area contributed by atoms with Gasteiger partial charge in [-0.2, -0.15) is 0 Å². The van der Waals surface area contributed by atoms with Gasteiger partial charge in [-0.1, -0.05) is 0 Å². The van der Waals surface area contributed by atoms with Gasteiger partial charge in [0.1, 0.15) is 0 Å². The summed E-state index contributed by atoms with van der Waals surface area (Å²) in [6, 6.07) is 0. The molecule has 1 saturated carbocycles. The van der Waals surface area contributed by atoms with E-state index in [4.69, 9.17) is 5.11 Å². The van der Waals surface area contributed by atoms with Gasteiger partial charge in [0, 0.05) is 13.1 Å². The average molecular weight is 187 g/mol. The Kier molecular flexibility index (Phi) is 2.02. The molecule has 2 aliphatic rings. The van der Waals surface area contributed by atoms with Crippen LogP contribution in [0.15, 0.2) is 0 Å². The number of amides is 1. The van der Waals surface area contributed by atoms with Crippen molar-refractivity contribution in [1.82, 2.24) is 4.90 Å². The SMILES string of the molecule is O=C(N1CC(O)C1)C1(F)CCCC1. The second-order valence-corrected chi connectivity index (χ2v) is 4.04. The van der Waals surface area contributed by atoms with Crippen molar-refractivity contribution in [3.63, 3.8) is 0 Å². The van der Waals surface area contributed by atoms with Crippen molar-refractivity contribution in [3.05, 3.63) is 0 Å². The highest BCUT2D eigenvalue weighted by atomic mass is 19.1. The van der Waals surface area contributed by atoms with E-state index in [0.717, 1.165) is 12.8 Å². The number of aliphatic hydroxyl groups is 1. The largest absolute Gasteiger partial charge is 0.389 e. The Hall–Kier alpha value is -0.640. The molecule has 1 saturated heterocycles. The minimum atomic E-state index is -1.61. The van der Waals surface area contributed by atoms with Crippen molar-refractivity contribution < 1.29 is 14.3 Å². The standard InChI is InChI=1S/C9H14FNO2/c10-9(3-1-2-4-9)8(13)11-5-7(12)6-11/h7,12H,1-6H2. The number of hydrogen-bond donors (Lipinski definition) is 1. The summed E-state index contributed by atoms with van der Waals surface area (Å²) in [6.07, 6.45) is 1.89. The van der Waals surface area contributed by atoms with Crippen LogP contribution in [0.5, 0.6) is 0 Å². The summed E-state index contributed by atoms with van der Waals surface area (Å²) in [6.45, 7) is 0.620. The molecule has 0 bridgehead atoms. The van der Waals surface area contributed by atoms with E-state index in [-0.39, 0.29) is 0 Å². The number of hydrogen-bond acceptors (Lipinski definition) is 2. The van der Waals surface area contributed by atoms with E-state index in [2.05, 4.69) is 0 Å². The number of carbonyl (C=O) groups excluding carboxylic acids is 1. The fraction of sp³-hybridized carbons (Fsp3) is 0.889. The Morgan fingerprint density at radius 3 is 2.38 bits per heavy atom. The molecule has 2 fully saturated rings. The van der Waals surface area contributed by atoms with Gasteiger partial charge in [0.05, 0.1) is 6.10 Å². The van der Waals surface area contributed by atoms with E-state index < -0.39 is 17.7 Å². The van der Waals surface area contributed by atoms with Gasteiger partial charge in [-0.3, -0.25) is 4.79 Å². The van der Waals surface area contributed by atoms with Crippen LogP contribution in [0.25, 0.3) is 0 Å². The highest BCUT2D eigenvalue weighted by Gasteiger charge is 2.46. The van der Waals surface area contributed by atoms with E-state index in [1.807, 2.05) is 0 Å². The molecule has 0 aromatic carbocycles. The van der Waals surface area contributed by atoms with Gasteiger partial charge in [0.2, 0.25) is 0 Å². The molecule has 1 amide bonds. The lowest BCUT2D eigenvalue weighted by molar-refractivity contribution is -0.154. The van der Waals surface area contributed by atoms with Gasteiger partial charge in [0.15, 0.2) is 5.67 Å². The fourth-order valence-corrected chi connectivity index (χ4v) is 2.05. The molecular formula is C9H14FNO2. The van der Waals surface area contributed by atoms with Crippen LogP contribution in [0.1, 0.15) is 25.7 Å². The quantitative estimate of drug-likeness (QED) is 0.648. The first kappa shape index (κ1) is 8.94. The predicted octanol–water partition coefficient (Wildman–Crippen LogP) is 0.472. The zero-order valence-electron chi connectivity index (χ0n) is 7.50. The molecule has 0 aromatic heterocycles. The first-order chi connectivity index (χ1) is 6.12. The number of nitrogens with zero attached hydrogens (tertiary/aromatic N) is 1. The van der Waals surface area contributed by atoms with E-state index in [1.54, 1.807) is 0 Å². The molecule has 0 spiro atoms. The molecule has 4 heteroatoms. The highest BCUT2D eigenvalue weighted by molar-refractivity contribution is 5.86. The molecule has 0 aromatic rings. The minimum Gasteiger partial charge on any atom is -0.389 e. The number of carbonyl (C=O) groups is 1. The molecule has 13 heavy (non-hydrogen) atoms. The minimum absolute atomic E-state index is 0.310. The molecule has 1 N–H and O–H groups in total. The number of alkyl halides is 1. The second-order valence-electron chi connectivity index (χ2n) is 4.04. The third-order valence-corrected chi connectivity index (χ3v) is 2.93. The van der Waals surface area contributed by atoms with Crippen molar-refractivity contribution in [2.75, 3.05) is 13.1 Å². The maximum atomic E-state index is 13.8. The molecule has 74 valence electrons. The summed E-state index contributed by atoms with van der Waals surface area (Å²) in [4.78, 5) is 12.9. The molecule has 0 radical (unpaired) electrons. The van der Waals surface area contributed by atoms with E-state index in [1.165, 1.54) is 4.90 Å². The fourth-order valence-electron chi connectivity index (χ4n) is 2.05. The van der Waals surface area contributed by atoms with Crippen LogP contribution < -0.4 is 0 Å². The molecule has 0 atom stereocenters. The lowest BCUT2D eigenvalue weighted by Crippen LogP contribution is -2.58. The Morgan fingerprint density at radius 2 is 1.92 bits per heavy atom. The van der Waals surface area contributed by atoms with Crippen LogP contribution >= 0.6 is 0 Å². The smallest absolute Gasteiger partial charge is 0.260 e. The molecule has 1 heterocycles. The van der Waals surface area contributed by atoms with Gasteiger partial charge >= 0.3 is 0 Å². The maximum absolute atomic E-state index is 13.8. The van der Waals surface area contributed by atoms with Crippen molar-refractivity contribution >= 4 is 5.91 Å². The summed E-state index contributed by atoms with van der Waals surface area (Å²) in [5.74, 6) is -0.407. The van der Waals surface area contributed by atoms with Gasteiger partial charge < -0.3 is 10.0 Å². The van der Waals surface area contributed by atoms with E-state index >= 15 is 0 Å². The number of β-amino-alcohol motifs (C(OH)–C–C–N with tert-alkyl or cyclic N) is 1. The third kappa shape index (κ3) is 1.43. The molecule has 3 nitrogen and oxygen atoms in total. The summed E-state index contributed by atoms with van der Waals surface area (Å²) >= 11 is 0. The van der Waals surface area contributed by atoms with Crippen molar-refractivity contribution in [2.24, 2.45) is 0 Å². The Bertz CT molecular complexity index is 220. The zero-order valence-corrected chi connectivity index (χ0v) is 7.50. The number of rotatable bonds is 1. The monoisotopic (exact) mass is 187 g/mol. The van der Waals surface area contributed by atoms with Gasteiger partial charge in [0.25, 0.3) is 5.91 Å². The first-order valence-electron chi connectivity index (χ1n) is 4.78. The Balaban J connectivity index is 1.96. The molecular weight excluding hydrogens is 173 g/mol. The van der Waals surface area contributed by atoms with Crippen LogP contribution in [0, 0.1) is 0 Å². The summed E-state index contributed by atoms with van der Waals surface area (Å²) in [5, 5.41) is 8.98. The van der Waals surface area contributed by atoms with Crippen molar-refractivity contribution in [1.29, 1.82) is 0 Å². The molecule has 1 aliphatic carbocycles. The Morgan fingerprint density at radius 1 is 1.38 bits per heavy atom. The van der Waals surface area contributed by atoms with Crippen molar-refractivity contribution in [2.45, 2.75) is 37.5 Å². The molecule has 2 rings (SSSR count). The van der Waals surface area contributed by atoms with Crippen LogP contribution in [0.4, 0.5) is 4.39 Å². The van der Waals surface area contributed by atoms with Crippen molar-refractivity contribution in [3.8, 4) is 0 Å². The number of halogens is 1. The number of likely N-dealkylation sites (tertiary alicyclic amines) is 1. The van der Waals surface area contributed by atoms with E-state index in [0.29, 0.717) is 25.9 Å². The van der Waals surface area contributed by atoms with Gasteiger partial charge in [-0.15, -0.1) is 0 Å². The van der Waals surface area contributed by atoms with Gasteiger partial charge in [-0.25, -0.2) is 4.39 Å². The number of aliphatic hydroxyl groups excluding tert-OH is 1.